The van der Waals surface area contributed by atoms with Gasteiger partial charge in [0.25, 0.3) is 0 Å². The number of nitrogens with two attached hydrogens (primary N) is 1. The maximum Gasteiger partial charge on any atom is 0.243 e. The molecule has 0 aromatic carbocycles. The van der Waals surface area contributed by atoms with Gasteiger partial charge < -0.3 is 15.8 Å². The number of ether oxygens (including phenoxy) is 1. The smallest absolute Gasteiger partial charge is 0.243 e. The lowest BCUT2D eigenvalue weighted by Crippen LogP contribution is -2.51. The van der Waals surface area contributed by atoms with Crippen LogP contribution in [-0.4, -0.2) is 42.7 Å². The van der Waals surface area contributed by atoms with Gasteiger partial charge in [0, 0.05) is 24.4 Å². The van der Waals surface area contributed by atoms with Gasteiger partial charge in [-0.15, -0.1) is 0 Å². The average Bonchev–Trinajstić information content (AvgIpc) is 2.91. The molecule has 1 saturated heterocycles. The van der Waals surface area contributed by atoms with E-state index in [1.54, 1.807) is 0 Å². The Morgan fingerprint density at radius 2 is 2.12 bits per heavy atom. The van der Waals surface area contributed by atoms with Crippen LogP contribution in [0.2, 0.25) is 0 Å². The molecule has 1 aliphatic heterocycles. The van der Waals surface area contributed by atoms with Gasteiger partial charge in [0.15, 0.2) is 0 Å². The van der Waals surface area contributed by atoms with Crippen molar-refractivity contribution in [3.8, 4) is 0 Å². The van der Waals surface area contributed by atoms with Crippen LogP contribution in [0.3, 0.4) is 0 Å². The highest BCUT2D eigenvalue weighted by molar-refractivity contribution is 6.00. The van der Waals surface area contributed by atoms with Crippen molar-refractivity contribution in [2.75, 3.05) is 6.54 Å². The molecule has 6 nitrogen and oxygen atoms in total. The van der Waals surface area contributed by atoms with Crippen molar-refractivity contribution in [1.82, 2.24) is 10.6 Å². The van der Waals surface area contributed by atoms with Gasteiger partial charge in [-0.3, -0.25) is 14.9 Å². The average molecular weight is 337 g/mol. The van der Waals surface area contributed by atoms with E-state index in [4.69, 9.17) is 10.5 Å². The number of hydrogen-bond donors (Lipinski definition) is 3. The highest BCUT2D eigenvalue weighted by atomic mass is 16.5. The first-order valence-electron chi connectivity index (χ1n) is 8.88. The summed E-state index contributed by atoms with van der Waals surface area (Å²) in [5.41, 5.74) is 6.84. The second kappa shape index (κ2) is 7.76. The lowest BCUT2D eigenvalue weighted by Gasteiger charge is -2.37. The first-order chi connectivity index (χ1) is 11.2. The van der Waals surface area contributed by atoms with Gasteiger partial charge in [0.2, 0.25) is 11.8 Å². The first kappa shape index (κ1) is 19.1. The highest BCUT2D eigenvalue weighted by Gasteiger charge is 2.35. The summed E-state index contributed by atoms with van der Waals surface area (Å²) < 4.78 is 6.20. The number of piperidine rings is 1. The molecule has 2 unspecified atom stereocenters. The van der Waals surface area contributed by atoms with Crippen molar-refractivity contribution in [3.63, 3.8) is 0 Å². The van der Waals surface area contributed by atoms with Crippen LogP contribution in [0.25, 0.3) is 0 Å². The number of amides is 2. The zero-order chi connectivity index (χ0) is 17.9. The van der Waals surface area contributed by atoms with Crippen LogP contribution in [0, 0.1) is 5.41 Å². The van der Waals surface area contributed by atoms with E-state index in [-0.39, 0.29) is 41.5 Å². The number of carbonyl (C=O) groups excluding carboxylic acids is 2. The molecule has 0 radical (unpaired) electrons. The van der Waals surface area contributed by atoms with Crippen molar-refractivity contribution in [2.45, 2.75) is 77.2 Å². The molecule has 24 heavy (non-hydrogen) atoms. The first-order valence-corrected chi connectivity index (χ1v) is 8.88. The topological polar surface area (TPSA) is 93.5 Å². The normalized spacial score (nSPS) is 29.4. The van der Waals surface area contributed by atoms with E-state index in [2.05, 4.69) is 38.0 Å². The molecule has 1 aliphatic carbocycles. The van der Waals surface area contributed by atoms with Crippen molar-refractivity contribution >= 4 is 11.8 Å². The van der Waals surface area contributed by atoms with Crippen LogP contribution in [0.15, 0.2) is 12.2 Å². The van der Waals surface area contributed by atoms with Crippen molar-refractivity contribution in [1.29, 1.82) is 0 Å². The maximum atomic E-state index is 11.8. The summed E-state index contributed by atoms with van der Waals surface area (Å²) in [5, 5.41) is 5.57. The van der Waals surface area contributed by atoms with E-state index >= 15 is 0 Å². The van der Waals surface area contributed by atoms with Gasteiger partial charge in [-0.2, -0.15) is 0 Å². The Kier molecular flexibility index (Phi) is 6.17. The van der Waals surface area contributed by atoms with E-state index in [0.29, 0.717) is 19.4 Å². The molecule has 6 heteroatoms. The number of rotatable bonds is 7. The van der Waals surface area contributed by atoms with Crippen LogP contribution in [0.5, 0.6) is 0 Å². The molecule has 0 bridgehead atoms. The van der Waals surface area contributed by atoms with Crippen molar-refractivity contribution < 1.29 is 14.3 Å². The monoisotopic (exact) mass is 337 g/mol. The van der Waals surface area contributed by atoms with E-state index in [1.807, 2.05) is 0 Å². The van der Waals surface area contributed by atoms with Gasteiger partial charge in [0.05, 0.1) is 18.2 Å². The molecule has 136 valence electrons. The molecule has 0 spiro atoms. The third-order valence-electron chi connectivity index (χ3n) is 5.61. The molecular weight excluding hydrogens is 306 g/mol. The van der Waals surface area contributed by atoms with Crippen molar-refractivity contribution in [3.05, 3.63) is 12.2 Å². The number of carbonyl (C=O) groups is 2. The molecular formula is C18H31N3O3. The minimum atomic E-state index is -0.338. The van der Waals surface area contributed by atoms with Gasteiger partial charge >= 0.3 is 0 Å². The molecule has 2 amide bonds. The minimum Gasteiger partial charge on any atom is -0.373 e. The molecule has 2 fully saturated rings. The van der Waals surface area contributed by atoms with Crippen LogP contribution in [0.4, 0.5) is 0 Å². The SMILES string of the molecule is C=C(CNC1CCC(=O)NC1=O)C(C)(C)C(C)O[C@H]1CCC[C@@H]1N. The Hall–Kier alpha value is -1.24. The predicted octanol–water partition coefficient (Wildman–Crippen LogP) is 1.25. The fraction of sp³-hybridized carbons (Fsp3) is 0.778. The molecule has 0 aromatic rings. The van der Waals surface area contributed by atoms with Gasteiger partial charge in [0.1, 0.15) is 0 Å². The summed E-state index contributed by atoms with van der Waals surface area (Å²) in [4.78, 5) is 23.0. The predicted molar refractivity (Wildman–Crippen MR) is 93.3 cm³/mol. The second-order valence-corrected chi connectivity index (χ2v) is 7.62. The molecule has 1 heterocycles. The highest BCUT2D eigenvalue weighted by Crippen LogP contribution is 2.34. The molecule has 4 N–H and O–H groups in total. The van der Waals surface area contributed by atoms with E-state index in [9.17, 15) is 9.59 Å². The zero-order valence-corrected chi connectivity index (χ0v) is 15.1. The zero-order valence-electron chi connectivity index (χ0n) is 15.1. The lowest BCUT2D eigenvalue weighted by atomic mass is 9.79. The molecule has 2 rings (SSSR count). The van der Waals surface area contributed by atoms with Crippen LogP contribution in [-0.2, 0) is 14.3 Å². The van der Waals surface area contributed by atoms with Gasteiger partial charge in [-0.1, -0.05) is 26.0 Å². The summed E-state index contributed by atoms with van der Waals surface area (Å²) in [6, 6.07) is -0.215. The van der Waals surface area contributed by atoms with E-state index < -0.39 is 0 Å². The second-order valence-electron chi connectivity index (χ2n) is 7.62. The number of nitrogens with one attached hydrogen (secondary N) is 2. The standard InChI is InChI=1S/C18H31N3O3/c1-11(10-20-14-8-9-16(22)21-17(14)23)18(3,4)12(2)24-15-7-5-6-13(15)19/h12-15,20H,1,5-10,19H2,2-4H3,(H,21,22,23)/t12?,13-,14?,15-/m0/s1. The minimum absolute atomic E-state index is 0.0114. The summed E-state index contributed by atoms with van der Waals surface area (Å²) in [6.07, 6.45) is 4.17. The summed E-state index contributed by atoms with van der Waals surface area (Å²) in [6.45, 7) is 11.0. The Balaban J connectivity index is 1.85. The van der Waals surface area contributed by atoms with Gasteiger partial charge in [-0.05, 0) is 32.6 Å². The van der Waals surface area contributed by atoms with Crippen LogP contribution in [0.1, 0.15) is 52.9 Å². The fourth-order valence-electron chi connectivity index (χ4n) is 3.21. The largest absolute Gasteiger partial charge is 0.373 e. The number of imide groups is 1. The molecule has 2 aliphatic rings. The van der Waals surface area contributed by atoms with E-state index in [0.717, 1.165) is 24.8 Å². The fourth-order valence-corrected chi connectivity index (χ4v) is 3.21. The molecule has 1 saturated carbocycles. The maximum absolute atomic E-state index is 11.8. The number of hydrogen-bond acceptors (Lipinski definition) is 5. The lowest BCUT2D eigenvalue weighted by molar-refractivity contribution is -0.134. The summed E-state index contributed by atoms with van der Waals surface area (Å²) in [7, 11) is 0. The Morgan fingerprint density at radius 3 is 2.71 bits per heavy atom. The molecule has 0 aromatic heterocycles. The van der Waals surface area contributed by atoms with Gasteiger partial charge in [-0.25, -0.2) is 0 Å². The third-order valence-corrected chi connectivity index (χ3v) is 5.61. The van der Waals surface area contributed by atoms with Crippen LogP contribution >= 0.6 is 0 Å². The Bertz CT molecular complexity index is 504. The summed E-state index contributed by atoms with van der Waals surface area (Å²) in [5.74, 6) is -0.454. The van der Waals surface area contributed by atoms with E-state index in [1.165, 1.54) is 0 Å². The summed E-state index contributed by atoms with van der Waals surface area (Å²) >= 11 is 0. The Morgan fingerprint density at radius 1 is 1.42 bits per heavy atom. The third kappa shape index (κ3) is 4.43. The van der Waals surface area contributed by atoms with Crippen molar-refractivity contribution in [2.24, 2.45) is 11.1 Å². The van der Waals surface area contributed by atoms with Crippen LogP contribution < -0.4 is 16.4 Å². The molecule has 4 atom stereocenters. The quantitative estimate of drug-likeness (QED) is 0.480. The Labute approximate surface area is 144 Å².